The van der Waals surface area contributed by atoms with Gasteiger partial charge >= 0.3 is 0 Å². The molecule has 0 atom stereocenters. The zero-order valence-corrected chi connectivity index (χ0v) is 8.21. The molecule has 14 heavy (non-hydrogen) atoms. The van der Waals surface area contributed by atoms with Crippen molar-refractivity contribution in [3.05, 3.63) is 11.7 Å². The highest BCUT2D eigenvalue weighted by atomic mass is 32.2. The average Bonchev–Trinajstić information content (AvgIpc) is 2.48. The molecule has 0 fully saturated rings. The second-order valence-electron chi connectivity index (χ2n) is 2.47. The Kier molecular flexibility index (Phi) is 3.16. The predicted molar refractivity (Wildman–Crippen MR) is 45.3 cm³/mol. The van der Waals surface area contributed by atoms with Crippen LogP contribution in [0.4, 0.5) is 0 Å². The third kappa shape index (κ3) is 3.12. The maximum Gasteiger partial charge on any atom is 0.241 e. The number of nitrogens with zero attached hydrogens (tertiary/aromatic N) is 3. The van der Waals surface area contributed by atoms with Crippen molar-refractivity contribution in [2.45, 2.75) is 13.5 Å². The maximum absolute atomic E-state index is 11.0. The largest absolute Gasteiger partial charge is 0.338 e. The number of aromatic nitrogens is 2. The Bertz CT molecular complexity index is 444. The van der Waals surface area contributed by atoms with Crippen molar-refractivity contribution in [3.63, 3.8) is 0 Å². The molecule has 7 nitrogen and oxygen atoms in total. The van der Waals surface area contributed by atoms with Gasteiger partial charge in [0.15, 0.2) is 11.6 Å². The van der Waals surface area contributed by atoms with E-state index < -0.39 is 15.8 Å². The lowest BCUT2D eigenvalue weighted by atomic mass is 10.6. The number of hydrogen-bond acceptors (Lipinski definition) is 6. The van der Waals surface area contributed by atoms with E-state index in [2.05, 4.69) is 19.4 Å². The molecule has 8 heteroatoms. The normalized spacial score (nSPS) is 11.1. The van der Waals surface area contributed by atoms with Gasteiger partial charge in [0.25, 0.3) is 0 Å². The smallest absolute Gasteiger partial charge is 0.241 e. The molecule has 1 aromatic heterocycles. The van der Waals surface area contributed by atoms with Crippen molar-refractivity contribution >= 4 is 10.0 Å². The molecule has 0 aliphatic rings. The average molecular weight is 216 g/mol. The summed E-state index contributed by atoms with van der Waals surface area (Å²) in [6.07, 6.45) is 0. The molecule has 1 rings (SSSR count). The molecule has 0 spiro atoms. The van der Waals surface area contributed by atoms with Crippen LogP contribution in [0.1, 0.15) is 11.7 Å². The first kappa shape index (κ1) is 10.6. The zero-order valence-electron chi connectivity index (χ0n) is 7.39. The SMILES string of the molecule is Cc1noc(CNS(=O)(=O)CC#N)n1. The number of hydrogen-bond donors (Lipinski definition) is 1. The van der Waals surface area contributed by atoms with Crippen LogP contribution in [0.25, 0.3) is 0 Å². The molecule has 0 unspecified atom stereocenters. The van der Waals surface area contributed by atoms with Gasteiger partial charge in [-0.25, -0.2) is 13.1 Å². The van der Waals surface area contributed by atoms with Gasteiger partial charge in [0, 0.05) is 0 Å². The molecular weight excluding hydrogens is 208 g/mol. The third-order valence-corrected chi connectivity index (χ3v) is 2.36. The second-order valence-corrected chi connectivity index (χ2v) is 4.28. The van der Waals surface area contributed by atoms with Crippen molar-refractivity contribution in [1.29, 1.82) is 5.26 Å². The van der Waals surface area contributed by atoms with Gasteiger partial charge in [-0.05, 0) is 6.92 Å². The Morgan fingerprint density at radius 3 is 2.86 bits per heavy atom. The van der Waals surface area contributed by atoms with Gasteiger partial charge in [0.1, 0.15) is 0 Å². The number of rotatable bonds is 4. The minimum Gasteiger partial charge on any atom is -0.338 e. The molecular formula is C6H8N4O3S. The topological polar surface area (TPSA) is 109 Å². The molecule has 0 aliphatic heterocycles. The van der Waals surface area contributed by atoms with Crippen molar-refractivity contribution in [3.8, 4) is 6.07 Å². The molecule has 1 N–H and O–H groups in total. The zero-order chi connectivity index (χ0) is 10.6. The summed E-state index contributed by atoms with van der Waals surface area (Å²) < 4.78 is 28.8. The quantitative estimate of drug-likeness (QED) is 0.714. The highest BCUT2D eigenvalue weighted by Crippen LogP contribution is 1.95. The van der Waals surface area contributed by atoms with Gasteiger partial charge in [-0.15, -0.1) is 0 Å². The van der Waals surface area contributed by atoms with Crippen molar-refractivity contribution in [1.82, 2.24) is 14.9 Å². The highest BCUT2D eigenvalue weighted by molar-refractivity contribution is 7.89. The number of sulfonamides is 1. The van der Waals surface area contributed by atoms with Crippen LogP contribution in [0.3, 0.4) is 0 Å². The maximum atomic E-state index is 11.0. The van der Waals surface area contributed by atoms with E-state index in [1.807, 2.05) is 0 Å². The van der Waals surface area contributed by atoms with E-state index in [0.717, 1.165) is 0 Å². The number of nitrogens with one attached hydrogen (secondary N) is 1. The van der Waals surface area contributed by atoms with Crippen LogP contribution in [0.15, 0.2) is 4.52 Å². The van der Waals surface area contributed by atoms with Crippen LogP contribution in [0.5, 0.6) is 0 Å². The summed E-state index contributed by atoms with van der Waals surface area (Å²) in [4.78, 5) is 3.79. The molecule has 0 bridgehead atoms. The summed E-state index contributed by atoms with van der Waals surface area (Å²) in [6, 6.07) is 1.53. The molecule has 0 aliphatic carbocycles. The van der Waals surface area contributed by atoms with Crippen molar-refractivity contribution < 1.29 is 12.9 Å². The molecule has 0 aromatic carbocycles. The van der Waals surface area contributed by atoms with E-state index in [1.165, 1.54) is 6.07 Å². The first-order valence-electron chi connectivity index (χ1n) is 3.67. The van der Waals surface area contributed by atoms with Gasteiger partial charge in [0.05, 0.1) is 12.6 Å². The molecule has 76 valence electrons. The summed E-state index contributed by atoms with van der Waals surface area (Å²) in [5, 5.41) is 11.7. The Labute approximate surface area is 80.8 Å². The van der Waals surface area contributed by atoms with E-state index >= 15 is 0 Å². The van der Waals surface area contributed by atoms with Crippen molar-refractivity contribution in [2.24, 2.45) is 0 Å². The minimum atomic E-state index is -3.56. The van der Waals surface area contributed by atoms with Crippen LogP contribution in [-0.2, 0) is 16.6 Å². The van der Waals surface area contributed by atoms with Crippen LogP contribution < -0.4 is 4.72 Å². The number of nitriles is 1. The lowest BCUT2D eigenvalue weighted by Crippen LogP contribution is -2.25. The fourth-order valence-corrected chi connectivity index (χ4v) is 1.33. The van der Waals surface area contributed by atoms with Gasteiger partial charge in [-0.2, -0.15) is 10.2 Å². The Morgan fingerprint density at radius 2 is 2.36 bits per heavy atom. The summed E-state index contributed by atoms with van der Waals surface area (Å²) in [7, 11) is -3.56. The summed E-state index contributed by atoms with van der Waals surface area (Å²) in [5.41, 5.74) is 0. The predicted octanol–water partition coefficient (Wildman–Crippen LogP) is -0.679. The van der Waals surface area contributed by atoms with Gasteiger partial charge in [0.2, 0.25) is 15.9 Å². The van der Waals surface area contributed by atoms with Crippen LogP contribution >= 0.6 is 0 Å². The Balaban J connectivity index is 2.54. The monoisotopic (exact) mass is 216 g/mol. The fraction of sp³-hybridized carbons (Fsp3) is 0.500. The molecule has 0 amide bonds. The summed E-state index contributed by atoms with van der Waals surface area (Å²) in [6.45, 7) is 1.53. The second kappa shape index (κ2) is 4.17. The molecule has 1 aromatic rings. The first-order chi connectivity index (χ1) is 6.53. The lowest BCUT2D eigenvalue weighted by Gasteiger charge is -1.97. The van der Waals surface area contributed by atoms with Crippen LogP contribution in [0.2, 0.25) is 0 Å². The number of aryl methyl sites for hydroxylation is 1. The van der Waals surface area contributed by atoms with E-state index in [0.29, 0.717) is 5.82 Å². The van der Waals surface area contributed by atoms with Gasteiger partial charge < -0.3 is 4.52 Å². The van der Waals surface area contributed by atoms with E-state index in [1.54, 1.807) is 6.92 Å². The van der Waals surface area contributed by atoms with E-state index in [-0.39, 0.29) is 12.4 Å². The molecule has 0 saturated heterocycles. The molecule has 0 saturated carbocycles. The van der Waals surface area contributed by atoms with E-state index in [9.17, 15) is 8.42 Å². The summed E-state index contributed by atoms with van der Waals surface area (Å²) in [5.74, 6) is 0.0172. The highest BCUT2D eigenvalue weighted by Gasteiger charge is 2.11. The minimum absolute atomic E-state index is 0.0924. The van der Waals surface area contributed by atoms with Gasteiger partial charge in [-0.3, -0.25) is 0 Å². The van der Waals surface area contributed by atoms with Crippen molar-refractivity contribution in [2.75, 3.05) is 5.75 Å². The first-order valence-corrected chi connectivity index (χ1v) is 5.32. The van der Waals surface area contributed by atoms with Crippen LogP contribution in [-0.4, -0.2) is 24.3 Å². The standard InChI is InChI=1S/C6H8N4O3S/c1-5-9-6(13-10-5)4-8-14(11,12)3-2-7/h8H,3-4H2,1H3. The molecule has 1 heterocycles. The third-order valence-electron chi connectivity index (χ3n) is 1.27. The summed E-state index contributed by atoms with van der Waals surface area (Å²) >= 11 is 0. The Hall–Kier alpha value is -1.46. The molecule has 0 radical (unpaired) electrons. The fourth-order valence-electron chi connectivity index (χ4n) is 0.720. The van der Waals surface area contributed by atoms with Crippen LogP contribution in [0, 0.1) is 18.3 Å². The Morgan fingerprint density at radius 1 is 1.64 bits per heavy atom. The lowest BCUT2D eigenvalue weighted by molar-refractivity contribution is 0.372. The van der Waals surface area contributed by atoms with Gasteiger partial charge in [-0.1, -0.05) is 5.16 Å². The van der Waals surface area contributed by atoms with E-state index in [4.69, 9.17) is 5.26 Å².